The topological polar surface area (TPSA) is 41.6 Å². The van der Waals surface area contributed by atoms with Gasteiger partial charge in [0.05, 0.1) is 12.6 Å². The highest BCUT2D eigenvalue weighted by molar-refractivity contribution is 5.80. The van der Waals surface area contributed by atoms with Gasteiger partial charge in [0.15, 0.2) is 5.96 Å². The van der Waals surface area contributed by atoms with E-state index in [1.165, 1.54) is 12.1 Å². The van der Waals surface area contributed by atoms with Gasteiger partial charge in [-0.2, -0.15) is 0 Å². The van der Waals surface area contributed by atoms with Gasteiger partial charge >= 0.3 is 0 Å². The second kappa shape index (κ2) is 4.12. The van der Waals surface area contributed by atoms with Gasteiger partial charge in [0.25, 0.3) is 0 Å². The van der Waals surface area contributed by atoms with Crippen molar-refractivity contribution >= 4 is 5.96 Å². The highest BCUT2D eigenvalue weighted by Crippen LogP contribution is 2.27. The minimum absolute atomic E-state index is 0.139. The molecule has 0 bridgehead atoms. The Hall–Kier alpha value is -1.58. The highest BCUT2D eigenvalue weighted by atomic mass is 19.1. The molecule has 86 valence electrons. The van der Waals surface area contributed by atoms with Gasteiger partial charge in [-0.25, -0.2) is 4.39 Å². The van der Waals surface area contributed by atoms with E-state index in [1.54, 1.807) is 12.1 Å². The molecule has 16 heavy (non-hydrogen) atoms. The molecule has 0 radical (unpaired) electrons. The predicted molar refractivity (Wildman–Crippen MR) is 62.6 cm³/mol. The van der Waals surface area contributed by atoms with Crippen LogP contribution in [0.15, 0.2) is 29.3 Å². The van der Waals surface area contributed by atoms with Crippen LogP contribution in [0.5, 0.6) is 0 Å². The molecule has 1 aromatic carbocycles. The molecule has 1 aliphatic heterocycles. The molecule has 0 spiro atoms. The van der Waals surface area contributed by atoms with Gasteiger partial charge in [0, 0.05) is 6.04 Å². The molecule has 2 rings (SSSR count). The van der Waals surface area contributed by atoms with Crippen LogP contribution in [0.2, 0.25) is 0 Å². The number of guanidine groups is 1. The maximum atomic E-state index is 12.8. The van der Waals surface area contributed by atoms with Gasteiger partial charge in [-0.1, -0.05) is 12.1 Å². The van der Waals surface area contributed by atoms with E-state index in [4.69, 9.17) is 5.73 Å². The van der Waals surface area contributed by atoms with Gasteiger partial charge in [0.1, 0.15) is 5.82 Å². The second-order valence-electron chi connectivity index (χ2n) is 4.27. The van der Waals surface area contributed by atoms with E-state index >= 15 is 0 Å². The third kappa shape index (κ3) is 1.87. The van der Waals surface area contributed by atoms with Crippen molar-refractivity contribution in [2.75, 3.05) is 6.54 Å². The summed E-state index contributed by atoms with van der Waals surface area (Å²) in [6.07, 6.45) is 0. The van der Waals surface area contributed by atoms with Crippen molar-refractivity contribution in [3.8, 4) is 0 Å². The van der Waals surface area contributed by atoms with Crippen LogP contribution < -0.4 is 5.73 Å². The number of hydrogen-bond acceptors (Lipinski definition) is 3. The van der Waals surface area contributed by atoms with Crippen molar-refractivity contribution in [3.05, 3.63) is 35.6 Å². The molecule has 3 nitrogen and oxygen atoms in total. The number of benzene rings is 1. The van der Waals surface area contributed by atoms with Gasteiger partial charge in [-0.05, 0) is 31.5 Å². The standard InChI is InChI=1S/C12H16FN3/c1-8(2)16-11(7-15-12(16)14)9-3-5-10(13)6-4-9/h3-6,8,11H,7H2,1-2H3,(H2,14,15). The van der Waals surface area contributed by atoms with E-state index in [-0.39, 0.29) is 11.9 Å². The SMILES string of the molecule is CC(C)N1C(N)=NCC1c1ccc(F)cc1. The van der Waals surface area contributed by atoms with Crippen LogP contribution in [0.3, 0.4) is 0 Å². The predicted octanol–water partition coefficient (Wildman–Crippen LogP) is 1.91. The van der Waals surface area contributed by atoms with Crippen molar-refractivity contribution in [3.63, 3.8) is 0 Å². The average Bonchev–Trinajstić information content (AvgIpc) is 2.61. The number of nitrogens with zero attached hydrogens (tertiary/aromatic N) is 2. The average molecular weight is 221 g/mol. The lowest BCUT2D eigenvalue weighted by Crippen LogP contribution is -2.40. The molecular formula is C12H16FN3. The number of rotatable bonds is 2. The van der Waals surface area contributed by atoms with Crippen LogP contribution in [-0.2, 0) is 0 Å². The summed E-state index contributed by atoms with van der Waals surface area (Å²) in [5.41, 5.74) is 6.89. The van der Waals surface area contributed by atoms with Gasteiger partial charge in [-0.3, -0.25) is 4.99 Å². The van der Waals surface area contributed by atoms with E-state index < -0.39 is 0 Å². The Morgan fingerprint density at radius 3 is 2.56 bits per heavy atom. The maximum absolute atomic E-state index is 12.8. The molecule has 1 heterocycles. The minimum Gasteiger partial charge on any atom is -0.370 e. The van der Waals surface area contributed by atoms with Gasteiger partial charge < -0.3 is 10.6 Å². The number of hydrogen-bond donors (Lipinski definition) is 1. The van der Waals surface area contributed by atoms with Crippen LogP contribution >= 0.6 is 0 Å². The van der Waals surface area contributed by atoms with Crippen LogP contribution in [-0.4, -0.2) is 23.4 Å². The minimum atomic E-state index is -0.216. The van der Waals surface area contributed by atoms with E-state index in [0.717, 1.165) is 5.56 Å². The highest BCUT2D eigenvalue weighted by Gasteiger charge is 2.29. The molecule has 0 aromatic heterocycles. The molecule has 0 saturated heterocycles. The summed E-state index contributed by atoms with van der Waals surface area (Å²) < 4.78 is 12.8. The van der Waals surface area contributed by atoms with Crippen molar-refractivity contribution in [1.82, 2.24) is 4.90 Å². The number of aliphatic imine (C=N–C) groups is 1. The van der Waals surface area contributed by atoms with Crippen molar-refractivity contribution < 1.29 is 4.39 Å². The zero-order chi connectivity index (χ0) is 11.7. The molecule has 1 aliphatic rings. The summed E-state index contributed by atoms with van der Waals surface area (Å²) in [5.74, 6) is 0.357. The van der Waals surface area contributed by atoms with Crippen LogP contribution in [0.25, 0.3) is 0 Å². The summed E-state index contributed by atoms with van der Waals surface area (Å²) in [5, 5.41) is 0. The molecule has 0 saturated carbocycles. The number of halogens is 1. The lowest BCUT2D eigenvalue weighted by Gasteiger charge is -2.30. The molecule has 1 atom stereocenters. The first-order chi connectivity index (χ1) is 7.59. The Labute approximate surface area is 94.8 Å². The molecule has 0 amide bonds. The first-order valence-corrected chi connectivity index (χ1v) is 5.43. The summed E-state index contributed by atoms with van der Waals surface area (Å²) in [6, 6.07) is 6.97. The lowest BCUT2D eigenvalue weighted by molar-refractivity contribution is 0.290. The third-order valence-electron chi connectivity index (χ3n) is 2.84. The molecule has 2 N–H and O–H groups in total. The summed E-state index contributed by atoms with van der Waals surface area (Å²) >= 11 is 0. The zero-order valence-electron chi connectivity index (χ0n) is 9.52. The fraction of sp³-hybridized carbons (Fsp3) is 0.417. The van der Waals surface area contributed by atoms with E-state index in [0.29, 0.717) is 18.5 Å². The summed E-state index contributed by atoms with van der Waals surface area (Å²) in [7, 11) is 0. The number of nitrogens with two attached hydrogens (primary N) is 1. The van der Waals surface area contributed by atoms with E-state index in [1.807, 2.05) is 0 Å². The van der Waals surface area contributed by atoms with Crippen LogP contribution in [0.1, 0.15) is 25.5 Å². The van der Waals surface area contributed by atoms with Gasteiger partial charge in [-0.15, -0.1) is 0 Å². The smallest absolute Gasteiger partial charge is 0.192 e. The van der Waals surface area contributed by atoms with E-state index in [2.05, 4.69) is 23.7 Å². The van der Waals surface area contributed by atoms with Gasteiger partial charge in [0.2, 0.25) is 0 Å². The molecule has 1 unspecified atom stereocenters. The Morgan fingerprint density at radius 1 is 1.38 bits per heavy atom. The molecule has 0 fully saturated rings. The quantitative estimate of drug-likeness (QED) is 0.828. The first-order valence-electron chi connectivity index (χ1n) is 5.43. The Morgan fingerprint density at radius 2 is 2.00 bits per heavy atom. The lowest BCUT2D eigenvalue weighted by atomic mass is 10.1. The fourth-order valence-corrected chi connectivity index (χ4v) is 2.08. The zero-order valence-corrected chi connectivity index (χ0v) is 9.52. The van der Waals surface area contributed by atoms with Crippen LogP contribution in [0, 0.1) is 5.82 Å². The Kier molecular flexibility index (Phi) is 2.81. The normalized spacial score (nSPS) is 20.4. The molecule has 0 aliphatic carbocycles. The second-order valence-corrected chi connectivity index (χ2v) is 4.27. The Bertz CT molecular complexity index is 397. The van der Waals surface area contributed by atoms with Crippen LogP contribution in [0.4, 0.5) is 4.39 Å². The maximum Gasteiger partial charge on any atom is 0.192 e. The van der Waals surface area contributed by atoms with Crippen molar-refractivity contribution in [2.45, 2.75) is 25.9 Å². The van der Waals surface area contributed by atoms with Crippen molar-refractivity contribution in [1.29, 1.82) is 0 Å². The van der Waals surface area contributed by atoms with E-state index in [9.17, 15) is 4.39 Å². The summed E-state index contributed by atoms with van der Waals surface area (Å²) in [6.45, 7) is 4.80. The monoisotopic (exact) mass is 221 g/mol. The molecule has 1 aromatic rings. The van der Waals surface area contributed by atoms with Crippen molar-refractivity contribution in [2.24, 2.45) is 10.7 Å². The fourth-order valence-electron chi connectivity index (χ4n) is 2.08. The first kappa shape index (κ1) is 10.9. The largest absolute Gasteiger partial charge is 0.370 e. The molecule has 4 heteroatoms. The molecular weight excluding hydrogens is 205 g/mol. The third-order valence-corrected chi connectivity index (χ3v) is 2.84. The summed E-state index contributed by atoms with van der Waals surface area (Å²) in [4.78, 5) is 6.31. The Balaban J connectivity index is 2.25.